The molecule has 0 atom stereocenters. The molecule has 6 nitrogen and oxygen atoms in total. The first-order valence-corrected chi connectivity index (χ1v) is 12.0. The first-order valence-electron chi connectivity index (χ1n) is 9.40. The Labute approximate surface area is 182 Å². The van der Waals surface area contributed by atoms with Crippen LogP contribution in [0.25, 0.3) is 10.2 Å². The minimum atomic E-state index is -3.71. The Hall–Kier alpha value is -3.17. The molecular formula is C22H18FN3O3S2. The standard InChI is InChI=1S/C22H18FN3O3S2/c23-17-9-10-19-20(12-17)30-22(25-19)26(13-18-8-4-5-11-24-18)21(27)15-31(28,29)14-16-6-2-1-3-7-16/h1-12H,13-15H2. The van der Waals surface area contributed by atoms with Crippen LogP contribution in [0.1, 0.15) is 11.3 Å². The topological polar surface area (TPSA) is 80.2 Å². The van der Waals surface area contributed by atoms with Gasteiger partial charge in [0.15, 0.2) is 15.0 Å². The van der Waals surface area contributed by atoms with E-state index in [4.69, 9.17) is 0 Å². The average molecular weight is 456 g/mol. The minimum Gasteiger partial charge on any atom is -0.281 e. The second-order valence-corrected chi connectivity index (χ2v) is 10.0. The summed E-state index contributed by atoms with van der Waals surface area (Å²) < 4.78 is 39.5. The summed E-state index contributed by atoms with van der Waals surface area (Å²) in [6, 6.07) is 18.1. The Morgan fingerprint density at radius 3 is 2.55 bits per heavy atom. The summed E-state index contributed by atoms with van der Waals surface area (Å²) in [5, 5.41) is 0.297. The molecule has 0 saturated carbocycles. The van der Waals surface area contributed by atoms with E-state index in [9.17, 15) is 17.6 Å². The van der Waals surface area contributed by atoms with Crippen LogP contribution in [0.4, 0.5) is 9.52 Å². The van der Waals surface area contributed by atoms with E-state index in [0.717, 1.165) is 11.3 Å². The Morgan fingerprint density at radius 2 is 1.81 bits per heavy atom. The third-order valence-electron chi connectivity index (χ3n) is 4.49. The Bertz CT molecular complexity index is 1310. The first-order chi connectivity index (χ1) is 14.9. The average Bonchev–Trinajstić information content (AvgIpc) is 3.15. The highest BCUT2D eigenvalue weighted by Gasteiger charge is 2.26. The molecule has 0 saturated heterocycles. The van der Waals surface area contributed by atoms with Crippen molar-refractivity contribution >= 4 is 42.4 Å². The highest BCUT2D eigenvalue weighted by molar-refractivity contribution is 7.91. The summed E-state index contributed by atoms with van der Waals surface area (Å²) >= 11 is 1.13. The van der Waals surface area contributed by atoms with E-state index in [1.54, 1.807) is 54.7 Å². The zero-order valence-electron chi connectivity index (χ0n) is 16.3. The number of carbonyl (C=O) groups excluding carboxylic acids is 1. The van der Waals surface area contributed by atoms with Crippen molar-refractivity contribution in [3.05, 3.63) is 90.0 Å². The summed E-state index contributed by atoms with van der Waals surface area (Å²) in [6.07, 6.45) is 1.60. The maximum absolute atomic E-state index is 13.6. The lowest BCUT2D eigenvalue weighted by molar-refractivity contribution is -0.116. The molecule has 0 unspecified atom stereocenters. The van der Waals surface area contributed by atoms with Crippen molar-refractivity contribution in [2.24, 2.45) is 0 Å². The second kappa shape index (κ2) is 8.91. The molecule has 2 aromatic carbocycles. The van der Waals surface area contributed by atoms with Gasteiger partial charge in [0.05, 0.1) is 28.2 Å². The Morgan fingerprint density at radius 1 is 1.03 bits per heavy atom. The van der Waals surface area contributed by atoms with E-state index in [-0.39, 0.29) is 12.3 Å². The maximum atomic E-state index is 13.6. The van der Waals surface area contributed by atoms with Gasteiger partial charge in [-0.05, 0) is 35.9 Å². The van der Waals surface area contributed by atoms with Gasteiger partial charge in [0, 0.05) is 6.20 Å². The number of thiazole rings is 1. The predicted octanol–water partition coefficient (Wildman–Crippen LogP) is 3.98. The van der Waals surface area contributed by atoms with Crippen molar-refractivity contribution < 1.29 is 17.6 Å². The van der Waals surface area contributed by atoms with E-state index >= 15 is 0 Å². The molecule has 0 radical (unpaired) electrons. The van der Waals surface area contributed by atoms with Gasteiger partial charge >= 0.3 is 0 Å². The second-order valence-electron chi connectivity index (χ2n) is 6.93. The minimum absolute atomic E-state index is 0.0584. The van der Waals surface area contributed by atoms with E-state index < -0.39 is 27.3 Å². The number of sulfone groups is 1. The largest absolute Gasteiger partial charge is 0.281 e. The molecule has 9 heteroatoms. The molecule has 0 aliphatic rings. The number of fused-ring (bicyclic) bond motifs is 1. The molecule has 0 aliphatic carbocycles. The molecular weight excluding hydrogens is 437 g/mol. The molecule has 0 bridgehead atoms. The predicted molar refractivity (Wildman–Crippen MR) is 119 cm³/mol. The third kappa shape index (κ3) is 5.31. The number of carbonyl (C=O) groups is 1. The van der Waals surface area contributed by atoms with Crippen LogP contribution in [0, 0.1) is 5.82 Å². The molecule has 0 N–H and O–H groups in total. The summed E-state index contributed by atoms with van der Waals surface area (Å²) in [5.41, 5.74) is 1.73. The summed E-state index contributed by atoms with van der Waals surface area (Å²) in [4.78, 5) is 23.1. The zero-order valence-corrected chi connectivity index (χ0v) is 17.9. The SMILES string of the molecule is O=C(CS(=O)(=O)Cc1ccccc1)N(Cc1ccccn1)c1nc2ccc(F)cc2s1. The lowest BCUT2D eigenvalue weighted by Crippen LogP contribution is -2.36. The van der Waals surface area contributed by atoms with Crippen molar-refractivity contribution in [3.8, 4) is 0 Å². The van der Waals surface area contributed by atoms with Crippen molar-refractivity contribution in [3.63, 3.8) is 0 Å². The normalized spacial score (nSPS) is 11.5. The van der Waals surface area contributed by atoms with Crippen LogP contribution in [0.5, 0.6) is 0 Å². The fourth-order valence-electron chi connectivity index (χ4n) is 3.06. The Kier molecular flexibility index (Phi) is 6.06. The molecule has 158 valence electrons. The van der Waals surface area contributed by atoms with Crippen molar-refractivity contribution in [1.82, 2.24) is 9.97 Å². The van der Waals surface area contributed by atoms with Gasteiger partial charge < -0.3 is 0 Å². The van der Waals surface area contributed by atoms with Crippen molar-refractivity contribution in [2.45, 2.75) is 12.3 Å². The number of pyridine rings is 1. The van der Waals surface area contributed by atoms with Crippen LogP contribution in [0.2, 0.25) is 0 Å². The van der Waals surface area contributed by atoms with Gasteiger partial charge in [0.25, 0.3) is 0 Å². The van der Waals surface area contributed by atoms with Gasteiger partial charge in [0.1, 0.15) is 11.6 Å². The van der Waals surface area contributed by atoms with Gasteiger partial charge in [-0.25, -0.2) is 17.8 Å². The smallest absolute Gasteiger partial charge is 0.244 e. The molecule has 4 rings (SSSR count). The Balaban J connectivity index is 1.63. The molecule has 1 amide bonds. The number of hydrogen-bond acceptors (Lipinski definition) is 6. The van der Waals surface area contributed by atoms with Gasteiger partial charge in [-0.1, -0.05) is 47.7 Å². The molecule has 31 heavy (non-hydrogen) atoms. The maximum Gasteiger partial charge on any atom is 0.244 e. The number of benzene rings is 2. The number of rotatable bonds is 7. The third-order valence-corrected chi connectivity index (χ3v) is 6.99. The molecule has 2 aromatic heterocycles. The number of aromatic nitrogens is 2. The van der Waals surface area contributed by atoms with E-state index in [1.807, 2.05) is 0 Å². The lowest BCUT2D eigenvalue weighted by atomic mass is 10.2. The highest BCUT2D eigenvalue weighted by atomic mass is 32.2. The van der Waals surface area contributed by atoms with Crippen LogP contribution < -0.4 is 4.90 Å². The number of hydrogen-bond donors (Lipinski definition) is 0. The molecule has 2 heterocycles. The lowest BCUT2D eigenvalue weighted by Gasteiger charge is -2.19. The number of nitrogens with zero attached hydrogens (tertiary/aromatic N) is 3. The van der Waals surface area contributed by atoms with E-state index in [2.05, 4.69) is 9.97 Å². The van der Waals surface area contributed by atoms with E-state index in [1.165, 1.54) is 23.1 Å². The van der Waals surface area contributed by atoms with Crippen LogP contribution in [0.3, 0.4) is 0 Å². The van der Waals surface area contributed by atoms with Gasteiger partial charge in [-0.15, -0.1) is 0 Å². The fraction of sp³-hybridized carbons (Fsp3) is 0.136. The van der Waals surface area contributed by atoms with Gasteiger partial charge in [0.2, 0.25) is 5.91 Å². The van der Waals surface area contributed by atoms with Crippen LogP contribution >= 0.6 is 11.3 Å². The number of anilines is 1. The molecule has 0 spiro atoms. The number of amides is 1. The van der Waals surface area contributed by atoms with Crippen LogP contribution in [0.15, 0.2) is 72.9 Å². The monoisotopic (exact) mass is 455 g/mol. The van der Waals surface area contributed by atoms with Crippen molar-refractivity contribution in [2.75, 3.05) is 10.7 Å². The van der Waals surface area contributed by atoms with Gasteiger partial charge in [-0.2, -0.15) is 0 Å². The molecule has 0 aliphatic heterocycles. The molecule has 0 fully saturated rings. The zero-order chi connectivity index (χ0) is 21.8. The molecule has 4 aromatic rings. The first kappa shape index (κ1) is 21.1. The van der Waals surface area contributed by atoms with Crippen LogP contribution in [-0.2, 0) is 26.9 Å². The highest BCUT2D eigenvalue weighted by Crippen LogP contribution is 2.30. The summed E-state index contributed by atoms with van der Waals surface area (Å²) in [7, 11) is -3.71. The summed E-state index contributed by atoms with van der Waals surface area (Å²) in [5.74, 6) is -1.92. The summed E-state index contributed by atoms with van der Waals surface area (Å²) in [6.45, 7) is 0.0584. The van der Waals surface area contributed by atoms with E-state index in [0.29, 0.717) is 26.6 Å². The fourth-order valence-corrected chi connectivity index (χ4v) is 5.40. The number of halogens is 1. The quantitative estimate of drug-likeness (QED) is 0.421. The van der Waals surface area contributed by atoms with Crippen LogP contribution in [-0.4, -0.2) is 30.0 Å². The van der Waals surface area contributed by atoms with Crippen molar-refractivity contribution in [1.29, 1.82) is 0 Å². The van der Waals surface area contributed by atoms with Gasteiger partial charge in [-0.3, -0.25) is 14.7 Å².